The predicted octanol–water partition coefficient (Wildman–Crippen LogP) is 3.43. The highest BCUT2D eigenvalue weighted by Gasteiger charge is 2.03. The molecular formula is C19H27IN4O. The summed E-state index contributed by atoms with van der Waals surface area (Å²) >= 11 is 0. The molecule has 0 aliphatic heterocycles. The van der Waals surface area contributed by atoms with E-state index >= 15 is 0 Å². The van der Waals surface area contributed by atoms with Crippen LogP contribution in [0.25, 0.3) is 0 Å². The molecule has 0 bridgehead atoms. The monoisotopic (exact) mass is 454 g/mol. The van der Waals surface area contributed by atoms with E-state index < -0.39 is 0 Å². The molecule has 0 amide bonds. The number of hydrogen-bond acceptors (Lipinski definition) is 2. The third-order valence-corrected chi connectivity index (χ3v) is 3.41. The summed E-state index contributed by atoms with van der Waals surface area (Å²) in [4.78, 5) is 4.65. The Morgan fingerprint density at radius 2 is 1.96 bits per heavy atom. The lowest BCUT2D eigenvalue weighted by atomic mass is 10.2. The number of ether oxygens (including phenoxy) is 1. The van der Waals surface area contributed by atoms with E-state index in [-0.39, 0.29) is 24.0 Å². The molecule has 1 aromatic heterocycles. The summed E-state index contributed by atoms with van der Waals surface area (Å²) in [5.41, 5.74) is 1.06. The van der Waals surface area contributed by atoms with Gasteiger partial charge in [-0.3, -0.25) is 0 Å². The van der Waals surface area contributed by atoms with Crippen molar-refractivity contribution in [3.05, 3.63) is 67.0 Å². The summed E-state index contributed by atoms with van der Waals surface area (Å²) in [6.45, 7) is 9.34. The van der Waals surface area contributed by atoms with Crippen LogP contribution >= 0.6 is 24.0 Å². The topological polar surface area (TPSA) is 50.6 Å². The molecular weight excluding hydrogens is 427 g/mol. The third kappa shape index (κ3) is 7.64. The van der Waals surface area contributed by atoms with Gasteiger partial charge in [-0.05, 0) is 25.1 Å². The number of benzene rings is 1. The van der Waals surface area contributed by atoms with Crippen molar-refractivity contribution in [2.24, 2.45) is 4.99 Å². The molecule has 0 spiro atoms. The summed E-state index contributed by atoms with van der Waals surface area (Å²) in [6.07, 6.45) is 5.85. The number of nitrogens with one attached hydrogen (secondary N) is 2. The van der Waals surface area contributed by atoms with Crippen LogP contribution < -0.4 is 15.4 Å². The van der Waals surface area contributed by atoms with Gasteiger partial charge in [-0.25, -0.2) is 4.99 Å². The third-order valence-electron chi connectivity index (χ3n) is 3.41. The van der Waals surface area contributed by atoms with Crippen LogP contribution in [0.4, 0.5) is 0 Å². The molecule has 136 valence electrons. The zero-order chi connectivity index (χ0) is 17.0. The maximum Gasteiger partial charge on any atom is 0.191 e. The van der Waals surface area contributed by atoms with Gasteiger partial charge < -0.3 is 19.9 Å². The maximum absolute atomic E-state index is 5.68. The van der Waals surface area contributed by atoms with Crippen molar-refractivity contribution in [2.75, 3.05) is 19.7 Å². The second-order valence-electron chi connectivity index (χ2n) is 5.25. The summed E-state index contributed by atoms with van der Waals surface area (Å²) < 4.78 is 7.81. The fraction of sp³-hybridized carbons (Fsp3) is 0.316. The van der Waals surface area contributed by atoms with Gasteiger partial charge in [0.25, 0.3) is 0 Å². The van der Waals surface area contributed by atoms with Crippen molar-refractivity contribution in [3.8, 4) is 5.75 Å². The minimum Gasteiger partial charge on any atom is -0.489 e. The first-order valence-electron chi connectivity index (χ1n) is 8.28. The Balaban J connectivity index is 0.00000312. The Bertz CT molecular complexity index is 641. The molecule has 0 saturated heterocycles. The van der Waals surface area contributed by atoms with Crippen molar-refractivity contribution in [2.45, 2.75) is 20.0 Å². The van der Waals surface area contributed by atoms with Crippen LogP contribution in [0.5, 0.6) is 5.75 Å². The SMILES string of the molecule is C=CCOc1ccccc1CN=C(NCC)NCCn1cccc1.I. The number of para-hydroxylation sites is 1. The molecule has 1 heterocycles. The number of rotatable bonds is 9. The van der Waals surface area contributed by atoms with Crippen LogP contribution in [0, 0.1) is 0 Å². The normalized spacial score (nSPS) is 10.7. The molecule has 5 nitrogen and oxygen atoms in total. The molecule has 2 aromatic rings. The molecule has 0 aliphatic carbocycles. The fourth-order valence-corrected chi connectivity index (χ4v) is 2.25. The maximum atomic E-state index is 5.68. The van der Waals surface area contributed by atoms with Gasteiger partial charge in [0.2, 0.25) is 0 Å². The highest BCUT2D eigenvalue weighted by atomic mass is 127. The second kappa shape index (κ2) is 12.4. The first-order chi connectivity index (χ1) is 11.8. The molecule has 0 saturated carbocycles. The average Bonchev–Trinajstić information content (AvgIpc) is 3.12. The number of nitrogens with zero attached hydrogens (tertiary/aromatic N) is 2. The van der Waals surface area contributed by atoms with Gasteiger partial charge in [0, 0.05) is 37.6 Å². The Morgan fingerprint density at radius 1 is 1.20 bits per heavy atom. The molecule has 6 heteroatoms. The van der Waals surface area contributed by atoms with E-state index in [0.717, 1.165) is 36.9 Å². The van der Waals surface area contributed by atoms with Crippen molar-refractivity contribution in [1.82, 2.24) is 15.2 Å². The largest absolute Gasteiger partial charge is 0.489 e. The molecule has 0 atom stereocenters. The quantitative estimate of drug-likeness (QED) is 0.264. The minimum atomic E-state index is 0. The summed E-state index contributed by atoms with van der Waals surface area (Å²) in [5, 5.41) is 6.62. The Hall–Kier alpha value is -1.96. The minimum absolute atomic E-state index is 0. The van der Waals surface area contributed by atoms with E-state index in [2.05, 4.69) is 46.1 Å². The average molecular weight is 454 g/mol. The van der Waals surface area contributed by atoms with Gasteiger partial charge in [-0.1, -0.05) is 30.9 Å². The van der Waals surface area contributed by atoms with E-state index in [1.54, 1.807) is 6.08 Å². The van der Waals surface area contributed by atoms with Gasteiger partial charge in [0.05, 0.1) is 6.54 Å². The van der Waals surface area contributed by atoms with E-state index in [4.69, 9.17) is 4.74 Å². The molecule has 1 aromatic carbocycles. The lowest BCUT2D eigenvalue weighted by Crippen LogP contribution is -2.38. The number of aromatic nitrogens is 1. The van der Waals surface area contributed by atoms with Gasteiger partial charge >= 0.3 is 0 Å². The number of hydrogen-bond donors (Lipinski definition) is 2. The zero-order valence-corrected chi connectivity index (χ0v) is 17.0. The smallest absolute Gasteiger partial charge is 0.191 e. The van der Waals surface area contributed by atoms with Crippen molar-refractivity contribution in [3.63, 3.8) is 0 Å². The molecule has 2 N–H and O–H groups in total. The van der Waals surface area contributed by atoms with Crippen LogP contribution in [0.15, 0.2) is 66.4 Å². The van der Waals surface area contributed by atoms with E-state index in [1.165, 1.54) is 0 Å². The summed E-state index contributed by atoms with van der Waals surface area (Å²) in [6, 6.07) is 12.0. The molecule has 0 aliphatic rings. The van der Waals surface area contributed by atoms with Gasteiger partial charge in [0.1, 0.15) is 12.4 Å². The van der Waals surface area contributed by atoms with Crippen LogP contribution in [-0.4, -0.2) is 30.2 Å². The van der Waals surface area contributed by atoms with Crippen LogP contribution in [0.3, 0.4) is 0 Å². The van der Waals surface area contributed by atoms with Gasteiger partial charge in [-0.15, -0.1) is 24.0 Å². The number of halogens is 1. The predicted molar refractivity (Wildman–Crippen MR) is 115 cm³/mol. The highest BCUT2D eigenvalue weighted by Crippen LogP contribution is 2.18. The second-order valence-corrected chi connectivity index (χ2v) is 5.25. The summed E-state index contributed by atoms with van der Waals surface area (Å²) in [7, 11) is 0. The lowest BCUT2D eigenvalue weighted by Gasteiger charge is -2.13. The highest BCUT2D eigenvalue weighted by molar-refractivity contribution is 14.0. The Labute approximate surface area is 167 Å². The number of guanidine groups is 1. The Kier molecular flexibility index (Phi) is 10.5. The van der Waals surface area contributed by atoms with Crippen molar-refractivity contribution < 1.29 is 4.74 Å². The number of aliphatic imine (C=N–C) groups is 1. The van der Waals surface area contributed by atoms with Gasteiger partial charge in [0.15, 0.2) is 5.96 Å². The standard InChI is InChI=1S/C19H26N4O.HI/c1-3-15-24-18-10-6-5-9-17(18)16-22-19(20-4-2)21-11-14-23-12-7-8-13-23;/h3,5-10,12-13H,1,4,11,14-16H2,2H3,(H2,20,21,22);1H. The van der Waals surface area contributed by atoms with Gasteiger partial charge in [-0.2, -0.15) is 0 Å². The molecule has 0 unspecified atom stereocenters. The Morgan fingerprint density at radius 3 is 2.68 bits per heavy atom. The first kappa shape index (κ1) is 21.1. The zero-order valence-electron chi connectivity index (χ0n) is 14.6. The van der Waals surface area contributed by atoms with E-state index in [0.29, 0.717) is 13.2 Å². The van der Waals surface area contributed by atoms with Crippen LogP contribution in [-0.2, 0) is 13.1 Å². The molecule has 0 fully saturated rings. The molecule has 25 heavy (non-hydrogen) atoms. The molecule has 2 rings (SSSR count). The molecule has 0 radical (unpaired) electrons. The van der Waals surface area contributed by atoms with Crippen LogP contribution in [0.1, 0.15) is 12.5 Å². The van der Waals surface area contributed by atoms with Crippen molar-refractivity contribution >= 4 is 29.9 Å². The van der Waals surface area contributed by atoms with E-state index in [1.807, 2.05) is 36.4 Å². The lowest BCUT2D eigenvalue weighted by molar-refractivity contribution is 0.359. The summed E-state index contributed by atoms with van der Waals surface area (Å²) in [5.74, 6) is 1.66. The van der Waals surface area contributed by atoms with E-state index in [9.17, 15) is 0 Å². The van der Waals surface area contributed by atoms with Crippen molar-refractivity contribution in [1.29, 1.82) is 0 Å². The van der Waals surface area contributed by atoms with Crippen LogP contribution in [0.2, 0.25) is 0 Å². The fourth-order valence-electron chi connectivity index (χ4n) is 2.25. The first-order valence-corrected chi connectivity index (χ1v) is 8.28.